The zero-order chi connectivity index (χ0) is 24.7. The van der Waals surface area contributed by atoms with Crippen LogP contribution in [-0.4, -0.2) is 28.3 Å². The summed E-state index contributed by atoms with van der Waals surface area (Å²) < 4.78 is 4.42. The monoisotopic (exact) mass is 510 g/mol. The molecule has 0 radical (unpaired) electrons. The summed E-state index contributed by atoms with van der Waals surface area (Å²) in [7, 11) is 0. The Morgan fingerprint density at radius 3 is 2.57 bits per heavy atom. The van der Waals surface area contributed by atoms with Crippen molar-refractivity contribution in [2.45, 2.75) is 88.3 Å². The highest BCUT2D eigenvalue weighted by Crippen LogP contribution is 2.37. The fraction of sp³-hybridized carbons (Fsp3) is 0.536. The van der Waals surface area contributed by atoms with Gasteiger partial charge >= 0.3 is 0 Å². The highest BCUT2D eigenvalue weighted by Gasteiger charge is 2.20. The van der Waals surface area contributed by atoms with Crippen molar-refractivity contribution in [2.24, 2.45) is 0 Å². The van der Waals surface area contributed by atoms with Crippen molar-refractivity contribution < 1.29 is 4.79 Å². The normalized spacial score (nSPS) is 15.1. The zero-order valence-electron chi connectivity index (χ0n) is 20.9. The maximum Gasteiger partial charge on any atom is 0.261 e. The van der Waals surface area contributed by atoms with Crippen LogP contribution in [0.2, 0.25) is 0 Å². The molecule has 5 nitrogen and oxygen atoms in total. The second kappa shape index (κ2) is 15.6. The van der Waals surface area contributed by atoms with E-state index in [-0.39, 0.29) is 11.5 Å². The molecule has 0 saturated carbocycles. The molecule has 2 aromatic rings. The van der Waals surface area contributed by atoms with Gasteiger partial charge in [-0.05, 0) is 43.5 Å². The first-order chi connectivity index (χ1) is 17.2. The van der Waals surface area contributed by atoms with Crippen LogP contribution in [0.3, 0.4) is 0 Å². The van der Waals surface area contributed by atoms with Crippen molar-refractivity contribution in [2.75, 3.05) is 13.1 Å². The molecular formula is C28H38N4OS2. The third kappa shape index (κ3) is 9.35. The fourth-order valence-corrected chi connectivity index (χ4v) is 6.38. The fourth-order valence-electron chi connectivity index (χ4n) is 4.18. The van der Waals surface area contributed by atoms with Crippen molar-refractivity contribution in [1.82, 2.24) is 14.6 Å². The van der Waals surface area contributed by atoms with Crippen LogP contribution >= 0.6 is 23.3 Å². The number of nitrogens with zero attached hydrogens (tertiary/aromatic N) is 3. The Kier molecular flexibility index (Phi) is 12.2. The molecule has 188 valence electrons. The predicted octanol–water partition coefficient (Wildman–Crippen LogP) is 7.77. The minimum atomic E-state index is -0.274. The molecule has 1 amide bonds. The van der Waals surface area contributed by atoms with Crippen molar-refractivity contribution >= 4 is 39.4 Å². The number of nitrogens with one attached hydrogen (secondary N) is 1. The van der Waals surface area contributed by atoms with Gasteiger partial charge in [0.25, 0.3) is 5.91 Å². The van der Waals surface area contributed by atoms with E-state index < -0.39 is 0 Å². The lowest BCUT2D eigenvalue weighted by Gasteiger charge is -2.16. The first-order valence-electron chi connectivity index (χ1n) is 13.1. The minimum Gasteiger partial charge on any atom is -0.351 e. The number of hydrogen-bond acceptors (Lipinski definition) is 6. The van der Waals surface area contributed by atoms with Gasteiger partial charge in [0.2, 0.25) is 0 Å². The molecule has 35 heavy (non-hydrogen) atoms. The average Bonchev–Trinajstić information content (AvgIpc) is 3.49. The molecule has 0 spiro atoms. The first-order valence-corrected chi connectivity index (χ1v) is 14.7. The lowest BCUT2D eigenvalue weighted by atomic mass is 10.1. The lowest BCUT2D eigenvalue weighted by molar-refractivity contribution is -0.117. The molecule has 0 unspecified atom stereocenters. The third-order valence-corrected chi connectivity index (χ3v) is 8.39. The molecule has 7 heteroatoms. The number of benzene rings is 1. The number of allylic oxidation sites excluding steroid dienone is 3. The maximum atomic E-state index is 12.5. The summed E-state index contributed by atoms with van der Waals surface area (Å²) in [4.78, 5) is 17.2. The largest absolute Gasteiger partial charge is 0.351 e. The molecule has 1 aromatic heterocycles. The molecule has 0 aliphatic carbocycles. The lowest BCUT2D eigenvalue weighted by Crippen LogP contribution is -2.25. The van der Waals surface area contributed by atoms with Crippen molar-refractivity contribution in [3.05, 3.63) is 47.7 Å². The van der Waals surface area contributed by atoms with Crippen LogP contribution in [0.4, 0.5) is 0 Å². The summed E-state index contributed by atoms with van der Waals surface area (Å²) in [5, 5.41) is 12.4. The first kappa shape index (κ1) is 27.3. The van der Waals surface area contributed by atoms with Gasteiger partial charge in [0.1, 0.15) is 11.6 Å². The smallest absolute Gasteiger partial charge is 0.261 e. The van der Waals surface area contributed by atoms with Crippen LogP contribution in [-0.2, 0) is 4.79 Å². The summed E-state index contributed by atoms with van der Waals surface area (Å²) in [6.45, 7) is 3.82. The number of rotatable bonds is 15. The number of carbonyl (C=O) groups excluding carboxylic acids is 1. The molecule has 1 aliphatic rings. The minimum absolute atomic E-state index is 0.168. The highest BCUT2D eigenvalue weighted by molar-refractivity contribution is 7.99. The number of hydrogen-bond donors (Lipinski definition) is 1. The molecule has 0 atom stereocenters. The number of thiazole rings is 1. The van der Waals surface area contributed by atoms with E-state index in [0.717, 1.165) is 47.8 Å². The van der Waals surface area contributed by atoms with E-state index in [1.54, 1.807) is 29.4 Å². The quantitative estimate of drug-likeness (QED) is 0.115. The van der Waals surface area contributed by atoms with E-state index in [4.69, 9.17) is 4.98 Å². The number of unbranched alkanes of at least 4 members (excludes halogenated alkanes) is 9. The van der Waals surface area contributed by atoms with Crippen LogP contribution in [0.15, 0.2) is 52.0 Å². The van der Waals surface area contributed by atoms with Crippen LogP contribution in [0.1, 0.15) is 84.0 Å². The molecule has 2 heterocycles. The Balaban J connectivity index is 1.39. The topological polar surface area (TPSA) is 69.0 Å². The number of aromatic nitrogens is 1. The van der Waals surface area contributed by atoms with E-state index in [2.05, 4.69) is 28.7 Å². The van der Waals surface area contributed by atoms with Gasteiger partial charge in [-0.15, -0.1) is 11.3 Å². The number of fused-ring (bicyclic) bond motifs is 1. The molecule has 0 bridgehead atoms. The molecule has 1 aliphatic heterocycles. The van der Waals surface area contributed by atoms with Gasteiger partial charge in [0.15, 0.2) is 4.34 Å². The van der Waals surface area contributed by atoms with Gasteiger partial charge in [0, 0.05) is 30.7 Å². The van der Waals surface area contributed by atoms with Crippen LogP contribution in [0, 0.1) is 11.3 Å². The summed E-state index contributed by atoms with van der Waals surface area (Å²) >= 11 is 3.33. The van der Waals surface area contributed by atoms with Crippen LogP contribution in [0.25, 0.3) is 10.2 Å². The van der Waals surface area contributed by atoms with Gasteiger partial charge in [-0.2, -0.15) is 5.26 Å². The number of para-hydroxylation sites is 1. The summed E-state index contributed by atoms with van der Waals surface area (Å²) in [6, 6.07) is 10.2. The number of nitriles is 1. The van der Waals surface area contributed by atoms with Crippen LogP contribution in [0.5, 0.6) is 0 Å². The maximum absolute atomic E-state index is 12.5. The SMILES string of the molecule is CCCCCCCCCCCCNC(=O)C(C#N)=CC=C1CCCN1Sc1nc2ccccc2s1. The Morgan fingerprint density at radius 1 is 1.14 bits per heavy atom. The van der Waals surface area contributed by atoms with Crippen LogP contribution < -0.4 is 5.32 Å². The molecule has 1 N–H and O–H groups in total. The van der Waals surface area contributed by atoms with Gasteiger partial charge in [-0.25, -0.2) is 4.98 Å². The molecule has 1 saturated heterocycles. The van der Waals surface area contributed by atoms with Gasteiger partial charge < -0.3 is 9.62 Å². The van der Waals surface area contributed by atoms with Crippen molar-refractivity contribution in [1.29, 1.82) is 5.26 Å². The Bertz CT molecular complexity index is 1000. The zero-order valence-corrected chi connectivity index (χ0v) is 22.6. The molecule has 1 fully saturated rings. The second-order valence-corrected chi connectivity index (χ2v) is 11.3. The van der Waals surface area contributed by atoms with Crippen molar-refractivity contribution in [3.8, 4) is 6.07 Å². The standard InChI is InChI=1S/C28H38N4OS2/c1-2-3-4-5-6-7-8-9-10-13-20-30-27(33)23(22-29)18-19-24-15-14-21-32(24)35-28-31-25-16-11-12-17-26(25)34-28/h11-12,16-19H,2-10,13-15,20-21H2,1H3,(H,30,33). The summed E-state index contributed by atoms with van der Waals surface area (Å²) in [6.07, 6.45) is 18.2. The predicted molar refractivity (Wildman–Crippen MR) is 148 cm³/mol. The van der Waals surface area contributed by atoms with Gasteiger partial charge in [-0.1, -0.05) is 76.8 Å². The van der Waals surface area contributed by atoms with Gasteiger partial charge in [0.05, 0.1) is 10.2 Å². The molecule has 1 aromatic carbocycles. The molecule has 3 rings (SSSR count). The summed E-state index contributed by atoms with van der Waals surface area (Å²) in [5.41, 5.74) is 2.32. The number of carbonyl (C=O) groups is 1. The Morgan fingerprint density at radius 2 is 1.86 bits per heavy atom. The third-order valence-electron chi connectivity index (χ3n) is 6.20. The van der Waals surface area contributed by atoms with E-state index in [0.29, 0.717) is 6.54 Å². The second-order valence-electron chi connectivity index (χ2n) is 9.03. The average molecular weight is 511 g/mol. The Hall–Kier alpha value is -2.30. The highest BCUT2D eigenvalue weighted by atomic mass is 32.2. The molecular weight excluding hydrogens is 472 g/mol. The van der Waals surface area contributed by atoms with E-state index in [9.17, 15) is 10.1 Å². The van der Waals surface area contributed by atoms with Crippen molar-refractivity contribution in [3.63, 3.8) is 0 Å². The number of amides is 1. The Labute approximate surface area is 218 Å². The summed E-state index contributed by atoms with van der Waals surface area (Å²) in [5.74, 6) is -0.274. The van der Waals surface area contributed by atoms with E-state index >= 15 is 0 Å². The van der Waals surface area contributed by atoms with E-state index in [1.807, 2.05) is 24.3 Å². The van der Waals surface area contributed by atoms with E-state index in [1.165, 1.54) is 56.1 Å². The van der Waals surface area contributed by atoms with Gasteiger partial charge in [-0.3, -0.25) is 4.79 Å².